The summed E-state index contributed by atoms with van der Waals surface area (Å²) in [5.74, 6) is 0.433. The molecule has 2 aliphatic rings. The van der Waals surface area contributed by atoms with Gasteiger partial charge in [-0.3, -0.25) is 4.79 Å². The number of nitrogens with one attached hydrogen (secondary N) is 1. The fourth-order valence-electron chi connectivity index (χ4n) is 3.49. The Morgan fingerprint density at radius 3 is 2.17 bits per heavy atom. The molecule has 2 fully saturated rings. The van der Waals surface area contributed by atoms with Gasteiger partial charge in [-0.1, -0.05) is 33.1 Å². The second-order valence-electron chi connectivity index (χ2n) is 7.33. The highest BCUT2D eigenvalue weighted by molar-refractivity contribution is 5.82. The lowest BCUT2D eigenvalue weighted by Crippen LogP contribution is -2.57. The Hall–Kier alpha value is -1.30. The van der Waals surface area contributed by atoms with Gasteiger partial charge in [0.05, 0.1) is 6.04 Å². The Labute approximate surface area is 139 Å². The fraction of sp³-hybridized carbons (Fsp3) is 0.882. The van der Waals surface area contributed by atoms with Gasteiger partial charge in [-0.05, 0) is 25.2 Å². The molecule has 3 N–H and O–H groups in total. The van der Waals surface area contributed by atoms with E-state index in [4.69, 9.17) is 5.73 Å². The summed E-state index contributed by atoms with van der Waals surface area (Å²) in [4.78, 5) is 28.2. The number of carbonyl (C=O) groups is 2. The molecule has 0 aromatic carbocycles. The minimum Gasteiger partial charge on any atom is -0.338 e. The quantitative estimate of drug-likeness (QED) is 0.823. The molecule has 0 spiro atoms. The van der Waals surface area contributed by atoms with E-state index in [1.54, 1.807) is 4.90 Å². The van der Waals surface area contributed by atoms with Crippen molar-refractivity contribution in [3.05, 3.63) is 0 Å². The third-order valence-electron chi connectivity index (χ3n) is 4.85. The van der Waals surface area contributed by atoms with E-state index in [1.165, 1.54) is 19.3 Å². The van der Waals surface area contributed by atoms with Gasteiger partial charge in [0.25, 0.3) is 0 Å². The first-order chi connectivity index (χ1) is 11.0. The summed E-state index contributed by atoms with van der Waals surface area (Å²) in [7, 11) is 0. The van der Waals surface area contributed by atoms with E-state index in [0.717, 1.165) is 12.8 Å². The van der Waals surface area contributed by atoms with Crippen LogP contribution in [0, 0.1) is 5.92 Å². The van der Waals surface area contributed by atoms with E-state index in [1.807, 2.05) is 4.90 Å². The molecule has 0 bridgehead atoms. The van der Waals surface area contributed by atoms with Gasteiger partial charge in [-0.2, -0.15) is 0 Å². The van der Waals surface area contributed by atoms with Gasteiger partial charge in [0.1, 0.15) is 0 Å². The van der Waals surface area contributed by atoms with Crippen LogP contribution < -0.4 is 11.1 Å². The standard InChI is InChI=1S/C17H32N4O2/c1-13(2)12-15(18)16(22)20-8-10-21(11-9-20)17(23)19-14-6-4-3-5-7-14/h13-15H,3-12,18H2,1-2H3,(H,19,23)/t15-/m0/s1. The molecule has 1 heterocycles. The summed E-state index contributed by atoms with van der Waals surface area (Å²) in [5.41, 5.74) is 5.98. The van der Waals surface area contributed by atoms with E-state index < -0.39 is 6.04 Å². The van der Waals surface area contributed by atoms with Crippen LogP contribution in [0.4, 0.5) is 4.79 Å². The molecule has 1 saturated carbocycles. The van der Waals surface area contributed by atoms with Crippen molar-refractivity contribution in [2.45, 2.75) is 64.5 Å². The van der Waals surface area contributed by atoms with Gasteiger partial charge >= 0.3 is 6.03 Å². The zero-order valence-corrected chi connectivity index (χ0v) is 14.6. The average molecular weight is 324 g/mol. The van der Waals surface area contributed by atoms with Gasteiger partial charge in [-0.15, -0.1) is 0 Å². The van der Waals surface area contributed by atoms with Crippen molar-refractivity contribution in [3.63, 3.8) is 0 Å². The normalized spacial score (nSPS) is 21.4. The molecule has 23 heavy (non-hydrogen) atoms. The van der Waals surface area contributed by atoms with Crippen molar-refractivity contribution < 1.29 is 9.59 Å². The van der Waals surface area contributed by atoms with E-state index in [-0.39, 0.29) is 11.9 Å². The van der Waals surface area contributed by atoms with Crippen molar-refractivity contribution in [3.8, 4) is 0 Å². The number of carbonyl (C=O) groups excluding carboxylic acids is 2. The monoisotopic (exact) mass is 324 g/mol. The summed E-state index contributed by atoms with van der Waals surface area (Å²) < 4.78 is 0. The Morgan fingerprint density at radius 2 is 1.61 bits per heavy atom. The molecule has 1 aliphatic heterocycles. The minimum atomic E-state index is -0.419. The van der Waals surface area contributed by atoms with Gasteiger partial charge in [0.2, 0.25) is 5.91 Å². The first kappa shape index (κ1) is 18.0. The number of urea groups is 1. The van der Waals surface area contributed by atoms with E-state index in [9.17, 15) is 9.59 Å². The highest BCUT2D eigenvalue weighted by Crippen LogP contribution is 2.18. The van der Waals surface area contributed by atoms with Crippen LogP contribution in [0.5, 0.6) is 0 Å². The predicted molar refractivity (Wildman–Crippen MR) is 91.0 cm³/mol. The number of amides is 3. The first-order valence-corrected chi connectivity index (χ1v) is 9.07. The molecule has 0 aromatic rings. The first-order valence-electron chi connectivity index (χ1n) is 9.07. The third kappa shape index (κ3) is 5.37. The molecule has 0 unspecified atom stereocenters. The molecule has 1 saturated heterocycles. The van der Waals surface area contributed by atoms with Crippen LogP contribution in [0.3, 0.4) is 0 Å². The molecular formula is C17H32N4O2. The van der Waals surface area contributed by atoms with Gasteiger partial charge < -0.3 is 20.9 Å². The van der Waals surface area contributed by atoms with Crippen molar-refractivity contribution in [2.24, 2.45) is 11.7 Å². The zero-order chi connectivity index (χ0) is 16.8. The lowest BCUT2D eigenvalue weighted by atomic mass is 9.96. The largest absolute Gasteiger partial charge is 0.338 e. The second-order valence-corrected chi connectivity index (χ2v) is 7.33. The molecular weight excluding hydrogens is 292 g/mol. The summed E-state index contributed by atoms with van der Waals surface area (Å²) in [5, 5.41) is 3.14. The molecule has 6 heteroatoms. The Morgan fingerprint density at radius 1 is 1.04 bits per heavy atom. The highest BCUT2D eigenvalue weighted by Gasteiger charge is 2.28. The number of hydrogen-bond donors (Lipinski definition) is 2. The van der Waals surface area contributed by atoms with E-state index >= 15 is 0 Å². The number of hydrogen-bond acceptors (Lipinski definition) is 3. The van der Waals surface area contributed by atoms with E-state index in [0.29, 0.717) is 44.6 Å². The fourth-order valence-corrected chi connectivity index (χ4v) is 3.49. The Bertz CT molecular complexity index is 399. The van der Waals surface area contributed by atoms with Crippen LogP contribution in [-0.4, -0.2) is 60.0 Å². The van der Waals surface area contributed by atoms with Crippen LogP contribution in [0.25, 0.3) is 0 Å². The maximum Gasteiger partial charge on any atom is 0.317 e. The van der Waals surface area contributed by atoms with Crippen molar-refractivity contribution in [1.29, 1.82) is 0 Å². The molecule has 132 valence electrons. The molecule has 0 radical (unpaired) electrons. The van der Waals surface area contributed by atoms with Gasteiger partial charge in [-0.25, -0.2) is 4.79 Å². The van der Waals surface area contributed by atoms with E-state index in [2.05, 4.69) is 19.2 Å². The van der Waals surface area contributed by atoms with Crippen LogP contribution in [0.2, 0.25) is 0 Å². The second kappa shape index (κ2) is 8.52. The maximum absolute atomic E-state index is 12.3. The van der Waals surface area contributed by atoms with Crippen LogP contribution in [0.15, 0.2) is 0 Å². The number of nitrogens with zero attached hydrogens (tertiary/aromatic N) is 2. The number of nitrogens with two attached hydrogens (primary N) is 1. The molecule has 0 aromatic heterocycles. The van der Waals surface area contributed by atoms with Crippen molar-refractivity contribution in [1.82, 2.24) is 15.1 Å². The highest BCUT2D eigenvalue weighted by atomic mass is 16.2. The number of rotatable bonds is 4. The van der Waals surface area contributed by atoms with Crippen LogP contribution >= 0.6 is 0 Å². The number of piperazine rings is 1. The topological polar surface area (TPSA) is 78.7 Å². The Kier molecular flexibility index (Phi) is 6.69. The SMILES string of the molecule is CC(C)C[C@H](N)C(=O)N1CCN(C(=O)NC2CCCCC2)CC1. The molecule has 2 rings (SSSR count). The summed E-state index contributed by atoms with van der Waals surface area (Å²) in [6.07, 6.45) is 6.59. The molecule has 1 aliphatic carbocycles. The predicted octanol–water partition coefficient (Wildman–Crippen LogP) is 1.55. The van der Waals surface area contributed by atoms with Crippen LogP contribution in [-0.2, 0) is 4.79 Å². The third-order valence-corrected chi connectivity index (χ3v) is 4.85. The van der Waals surface area contributed by atoms with Crippen molar-refractivity contribution >= 4 is 11.9 Å². The van der Waals surface area contributed by atoms with Gasteiger partial charge in [0.15, 0.2) is 0 Å². The molecule has 3 amide bonds. The lowest BCUT2D eigenvalue weighted by molar-refractivity contribution is -0.134. The molecule has 6 nitrogen and oxygen atoms in total. The maximum atomic E-state index is 12.3. The Balaban J connectivity index is 1.74. The summed E-state index contributed by atoms with van der Waals surface area (Å²) in [6, 6.07) is -0.0662. The molecule has 1 atom stereocenters. The zero-order valence-electron chi connectivity index (χ0n) is 14.6. The van der Waals surface area contributed by atoms with Crippen molar-refractivity contribution in [2.75, 3.05) is 26.2 Å². The van der Waals surface area contributed by atoms with Gasteiger partial charge in [0, 0.05) is 32.2 Å². The summed E-state index contributed by atoms with van der Waals surface area (Å²) >= 11 is 0. The minimum absolute atomic E-state index is 0.0195. The lowest BCUT2D eigenvalue weighted by Gasteiger charge is -2.37. The average Bonchev–Trinajstić information content (AvgIpc) is 2.54. The summed E-state index contributed by atoms with van der Waals surface area (Å²) in [6.45, 7) is 6.50. The smallest absolute Gasteiger partial charge is 0.317 e. The van der Waals surface area contributed by atoms with Crippen LogP contribution in [0.1, 0.15) is 52.4 Å².